The van der Waals surface area contributed by atoms with Crippen LogP contribution in [0.1, 0.15) is 17.0 Å². The molecule has 0 spiro atoms. The van der Waals surface area contributed by atoms with Gasteiger partial charge in [-0.2, -0.15) is 0 Å². The number of hydrogen-bond donors (Lipinski definition) is 0. The Morgan fingerprint density at radius 1 is 1.29 bits per heavy atom. The fraction of sp³-hybridized carbons (Fsp3) is 0.273. The molecule has 2 rings (SSSR count). The van der Waals surface area contributed by atoms with Gasteiger partial charge in [-0.3, -0.25) is 0 Å². The maximum Gasteiger partial charge on any atom is 0.172 e. The number of aryl methyl sites for hydroxylation is 1. The van der Waals surface area contributed by atoms with Gasteiger partial charge in [0.25, 0.3) is 0 Å². The summed E-state index contributed by atoms with van der Waals surface area (Å²) < 4.78 is 22.5. The van der Waals surface area contributed by atoms with Crippen LogP contribution in [0.2, 0.25) is 0 Å². The first-order chi connectivity index (χ1) is 6.58. The Morgan fingerprint density at radius 2 is 2.00 bits per heavy atom. The first-order valence-corrected chi connectivity index (χ1v) is 6.26. The topological polar surface area (TPSA) is 34.1 Å². The third kappa shape index (κ3) is 1.73. The molecule has 1 heterocycles. The molecular weight excluding hydrogens is 196 g/mol. The molecule has 1 atom stereocenters. The van der Waals surface area contributed by atoms with Crippen molar-refractivity contribution in [2.45, 2.75) is 12.8 Å². The van der Waals surface area contributed by atoms with E-state index < -0.39 is 9.84 Å². The van der Waals surface area contributed by atoms with Crippen LogP contribution >= 0.6 is 0 Å². The number of sulfone groups is 1. The van der Waals surface area contributed by atoms with Crippen LogP contribution < -0.4 is 0 Å². The van der Waals surface area contributed by atoms with Crippen LogP contribution in [0.25, 0.3) is 0 Å². The maximum absolute atomic E-state index is 11.2. The average molecular weight is 208 g/mol. The molecular formula is C11H12O2S. The van der Waals surface area contributed by atoms with E-state index in [9.17, 15) is 8.42 Å². The van der Waals surface area contributed by atoms with Crippen molar-refractivity contribution in [1.82, 2.24) is 0 Å². The predicted octanol–water partition coefficient (Wildman–Crippen LogP) is 2.02. The molecule has 0 saturated carbocycles. The second-order valence-corrected chi connectivity index (χ2v) is 5.55. The molecule has 0 bridgehead atoms. The van der Waals surface area contributed by atoms with Crippen molar-refractivity contribution in [2.24, 2.45) is 0 Å². The summed E-state index contributed by atoms with van der Waals surface area (Å²) in [6.45, 7) is 2.01. The Balaban J connectivity index is 2.36. The van der Waals surface area contributed by atoms with Crippen molar-refractivity contribution in [1.29, 1.82) is 0 Å². The van der Waals surface area contributed by atoms with Gasteiger partial charge in [0, 0.05) is 11.3 Å². The largest absolute Gasteiger partial charge is 0.224 e. The van der Waals surface area contributed by atoms with Gasteiger partial charge in [-0.1, -0.05) is 30.3 Å². The summed E-state index contributed by atoms with van der Waals surface area (Å²) in [7, 11) is -2.94. The van der Waals surface area contributed by atoms with Crippen LogP contribution in [0.15, 0.2) is 35.7 Å². The van der Waals surface area contributed by atoms with Crippen molar-refractivity contribution >= 4 is 9.84 Å². The highest BCUT2D eigenvalue weighted by Gasteiger charge is 2.23. The minimum absolute atomic E-state index is 0.0428. The van der Waals surface area contributed by atoms with E-state index in [0.29, 0.717) is 0 Å². The summed E-state index contributed by atoms with van der Waals surface area (Å²) in [6.07, 6.45) is 1.78. The van der Waals surface area contributed by atoms with E-state index in [1.165, 1.54) is 5.41 Å². The molecule has 3 heteroatoms. The van der Waals surface area contributed by atoms with E-state index in [1.807, 2.05) is 31.2 Å². The average Bonchev–Trinajstić information content (AvgIpc) is 2.47. The highest BCUT2D eigenvalue weighted by molar-refractivity contribution is 7.94. The molecule has 14 heavy (non-hydrogen) atoms. The molecule has 74 valence electrons. The van der Waals surface area contributed by atoms with Crippen LogP contribution in [0, 0.1) is 6.92 Å². The lowest BCUT2D eigenvalue weighted by molar-refractivity contribution is 0.604. The van der Waals surface area contributed by atoms with E-state index in [0.717, 1.165) is 11.1 Å². The van der Waals surface area contributed by atoms with Crippen molar-refractivity contribution in [3.05, 3.63) is 46.9 Å². The highest BCUT2D eigenvalue weighted by Crippen LogP contribution is 2.27. The zero-order valence-electron chi connectivity index (χ0n) is 7.97. The van der Waals surface area contributed by atoms with Gasteiger partial charge in [0.1, 0.15) is 0 Å². The minimum atomic E-state index is -2.94. The summed E-state index contributed by atoms with van der Waals surface area (Å²) in [5.74, 6) is 0.263. The summed E-state index contributed by atoms with van der Waals surface area (Å²) >= 11 is 0. The highest BCUT2D eigenvalue weighted by atomic mass is 32.2. The normalized spacial score (nSPS) is 23.9. The lowest BCUT2D eigenvalue weighted by Crippen LogP contribution is -2.05. The molecule has 1 aromatic rings. The van der Waals surface area contributed by atoms with Crippen molar-refractivity contribution in [3.8, 4) is 0 Å². The van der Waals surface area contributed by atoms with E-state index in [-0.39, 0.29) is 11.7 Å². The molecule has 0 radical (unpaired) electrons. The van der Waals surface area contributed by atoms with Gasteiger partial charge >= 0.3 is 0 Å². The van der Waals surface area contributed by atoms with Crippen molar-refractivity contribution < 1.29 is 8.42 Å². The molecule has 0 amide bonds. The molecule has 0 aliphatic carbocycles. The SMILES string of the molecule is Cc1ccccc1C1C=CS(=O)(=O)C1. The lowest BCUT2D eigenvalue weighted by atomic mass is 9.97. The Hall–Kier alpha value is -1.09. The monoisotopic (exact) mass is 208 g/mol. The quantitative estimate of drug-likeness (QED) is 0.707. The van der Waals surface area contributed by atoms with Gasteiger partial charge in [0.05, 0.1) is 5.75 Å². The van der Waals surface area contributed by atoms with Gasteiger partial charge in [-0.15, -0.1) is 0 Å². The zero-order valence-corrected chi connectivity index (χ0v) is 8.79. The van der Waals surface area contributed by atoms with Gasteiger partial charge in [0.15, 0.2) is 9.84 Å². The standard InChI is InChI=1S/C11H12O2S/c1-9-4-2-3-5-11(9)10-6-7-14(12,13)8-10/h2-7,10H,8H2,1H3. The van der Waals surface area contributed by atoms with Crippen molar-refractivity contribution in [3.63, 3.8) is 0 Å². The van der Waals surface area contributed by atoms with Gasteiger partial charge in [-0.05, 0) is 18.1 Å². The van der Waals surface area contributed by atoms with E-state index >= 15 is 0 Å². The summed E-state index contributed by atoms with van der Waals surface area (Å²) in [4.78, 5) is 0. The molecule has 1 aliphatic heterocycles. The van der Waals surface area contributed by atoms with Crippen LogP contribution in [0.4, 0.5) is 0 Å². The maximum atomic E-state index is 11.2. The summed E-state index contributed by atoms with van der Waals surface area (Å²) in [5, 5.41) is 1.32. The van der Waals surface area contributed by atoms with E-state index in [4.69, 9.17) is 0 Å². The molecule has 1 unspecified atom stereocenters. The molecule has 0 aromatic heterocycles. The molecule has 2 nitrogen and oxygen atoms in total. The lowest BCUT2D eigenvalue weighted by Gasteiger charge is -2.09. The third-order valence-corrected chi connectivity index (χ3v) is 3.91. The Morgan fingerprint density at radius 3 is 2.57 bits per heavy atom. The number of hydrogen-bond acceptors (Lipinski definition) is 2. The van der Waals surface area contributed by atoms with Crippen molar-refractivity contribution in [2.75, 3.05) is 5.75 Å². The Labute approximate surface area is 84.2 Å². The second kappa shape index (κ2) is 3.24. The smallest absolute Gasteiger partial charge is 0.172 e. The number of rotatable bonds is 1. The summed E-state index contributed by atoms with van der Waals surface area (Å²) in [5.41, 5.74) is 2.27. The molecule has 0 fully saturated rings. The number of benzene rings is 1. The predicted molar refractivity (Wildman–Crippen MR) is 56.8 cm³/mol. The van der Waals surface area contributed by atoms with Crippen LogP contribution in [-0.4, -0.2) is 14.2 Å². The molecule has 0 N–H and O–H groups in total. The second-order valence-electron chi connectivity index (χ2n) is 3.62. The zero-order chi connectivity index (χ0) is 10.2. The third-order valence-electron chi connectivity index (χ3n) is 2.52. The fourth-order valence-electron chi connectivity index (χ4n) is 1.77. The van der Waals surface area contributed by atoms with Gasteiger partial charge < -0.3 is 0 Å². The molecule has 1 aliphatic rings. The minimum Gasteiger partial charge on any atom is -0.224 e. The van der Waals surface area contributed by atoms with E-state index in [2.05, 4.69) is 0 Å². The summed E-state index contributed by atoms with van der Waals surface area (Å²) in [6, 6.07) is 7.91. The fourth-order valence-corrected chi connectivity index (χ4v) is 3.10. The first kappa shape index (κ1) is 9.46. The van der Waals surface area contributed by atoms with E-state index in [1.54, 1.807) is 6.08 Å². The van der Waals surface area contributed by atoms with Crippen LogP contribution in [0.3, 0.4) is 0 Å². The first-order valence-electron chi connectivity index (χ1n) is 4.55. The Bertz CT molecular complexity index is 472. The Kier molecular flexibility index (Phi) is 2.19. The number of allylic oxidation sites excluding steroid dienone is 1. The van der Waals surface area contributed by atoms with Gasteiger partial charge in [0.2, 0.25) is 0 Å². The molecule has 0 saturated heterocycles. The van der Waals surface area contributed by atoms with Crippen LogP contribution in [0.5, 0.6) is 0 Å². The van der Waals surface area contributed by atoms with Gasteiger partial charge in [-0.25, -0.2) is 8.42 Å². The van der Waals surface area contributed by atoms with Crippen LogP contribution in [-0.2, 0) is 9.84 Å². The molecule has 1 aromatic carbocycles.